The summed E-state index contributed by atoms with van der Waals surface area (Å²) in [5, 5.41) is 5.71. The molecule has 1 aromatic rings. The van der Waals surface area contributed by atoms with Crippen LogP contribution in [0.25, 0.3) is 0 Å². The Morgan fingerprint density at radius 3 is 2.88 bits per heavy atom. The molecule has 0 spiro atoms. The third-order valence-electron chi connectivity index (χ3n) is 1.85. The molecular formula is C11H16N4O. The highest BCUT2D eigenvalue weighted by Crippen LogP contribution is 2.00. The number of hydrogen-bond acceptors (Lipinski definition) is 4. The molecule has 0 bridgehead atoms. The molecule has 86 valence electrons. The van der Waals surface area contributed by atoms with Crippen molar-refractivity contribution >= 4 is 11.7 Å². The molecular weight excluding hydrogens is 204 g/mol. The van der Waals surface area contributed by atoms with E-state index in [9.17, 15) is 4.79 Å². The maximum atomic E-state index is 11.4. The van der Waals surface area contributed by atoms with E-state index in [2.05, 4.69) is 34.1 Å². The van der Waals surface area contributed by atoms with Crippen LogP contribution >= 0.6 is 0 Å². The van der Waals surface area contributed by atoms with Crippen LogP contribution in [0.4, 0.5) is 5.82 Å². The number of nitrogens with one attached hydrogen (secondary N) is 2. The molecule has 0 aliphatic carbocycles. The predicted octanol–water partition coefficient (Wildman–Crippen LogP) is 1.21. The Kier molecular flexibility index (Phi) is 4.98. The van der Waals surface area contributed by atoms with Crippen molar-refractivity contribution in [3.8, 4) is 0 Å². The third kappa shape index (κ3) is 3.68. The van der Waals surface area contributed by atoms with Crippen LogP contribution in [0.1, 0.15) is 23.8 Å². The summed E-state index contributed by atoms with van der Waals surface area (Å²) in [7, 11) is 0. The molecule has 1 heterocycles. The molecule has 0 unspecified atom stereocenters. The fourth-order valence-electron chi connectivity index (χ4n) is 1.05. The van der Waals surface area contributed by atoms with Gasteiger partial charge in [-0.25, -0.2) is 9.97 Å². The van der Waals surface area contributed by atoms with E-state index in [1.54, 1.807) is 12.3 Å². The normalized spacial score (nSPS) is 9.56. The highest BCUT2D eigenvalue weighted by molar-refractivity contribution is 5.92. The summed E-state index contributed by atoms with van der Waals surface area (Å²) in [6, 6.07) is 0. The maximum absolute atomic E-state index is 11.4. The Morgan fingerprint density at radius 1 is 1.50 bits per heavy atom. The van der Waals surface area contributed by atoms with Crippen LogP contribution in [0.3, 0.4) is 0 Å². The second kappa shape index (κ2) is 6.55. The van der Waals surface area contributed by atoms with Crippen molar-refractivity contribution in [1.82, 2.24) is 15.3 Å². The summed E-state index contributed by atoms with van der Waals surface area (Å²) < 4.78 is 0. The van der Waals surface area contributed by atoms with Gasteiger partial charge in [-0.2, -0.15) is 0 Å². The zero-order chi connectivity index (χ0) is 11.8. The van der Waals surface area contributed by atoms with Crippen LogP contribution in [0.2, 0.25) is 0 Å². The lowest BCUT2D eigenvalue weighted by molar-refractivity contribution is 0.0952. The van der Waals surface area contributed by atoms with Crippen LogP contribution < -0.4 is 10.6 Å². The van der Waals surface area contributed by atoms with Crippen molar-refractivity contribution in [2.75, 3.05) is 18.4 Å². The van der Waals surface area contributed by atoms with Gasteiger partial charge in [0, 0.05) is 13.1 Å². The summed E-state index contributed by atoms with van der Waals surface area (Å²) >= 11 is 0. The topological polar surface area (TPSA) is 66.9 Å². The first-order valence-corrected chi connectivity index (χ1v) is 5.23. The van der Waals surface area contributed by atoms with E-state index < -0.39 is 0 Å². The lowest BCUT2D eigenvalue weighted by Crippen LogP contribution is -2.24. The predicted molar refractivity (Wildman–Crippen MR) is 63.3 cm³/mol. The average molecular weight is 220 g/mol. The van der Waals surface area contributed by atoms with Crippen molar-refractivity contribution in [3.63, 3.8) is 0 Å². The molecule has 0 aliphatic rings. The second-order valence-corrected chi connectivity index (χ2v) is 3.21. The molecule has 5 heteroatoms. The summed E-state index contributed by atoms with van der Waals surface area (Å²) in [4.78, 5) is 19.5. The molecule has 0 saturated carbocycles. The number of hydrogen-bond donors (Lipinski definition) is 2. The highest BCUT2D eigenvalue weighted by Gasteiger charge is 2.05. The van der Waals surface area contributed by atoms with Crippen molar-refractivity contribution in [3.05, 3.63) is 30.7 Å². The average Bonchev–Trinajstić information content (AvgIpc) is 2.34. The number of anilines is 1. The Hall–Kier alpha value is -1.91. The Balaban J connectivity index is 2.56. The molecule has 0 aromatic carbocycles. The standard InChI is InChI=1S/C11H16N4O/c1-3-5-12-10-8-14-9(7-15-10)11(16)13-6-4-2/h4,7-8H,2-3,5-6H2,1H3,(H,12,15)(H,13,16). The van der Waals surface area contributed by atoms with Crippen LogP contribution in [0, 0.1) is 0 Å². The van der Waals surface area contributed by atoms with E-state index in [-0.39, 0.29) is 5.91 Å². The number of rotatable bonds is 6. The highest BCUT2D eigenvalue weighted by atomic mass is 16.1. The van der Waals surface area contributed by atoms with Crippen LogP contribution in [0.5, 0.6) is 0 Å². The molecule has 0 aliphatic heterocycles. The summed E-state index contributed by atoms with van der Waals surface area (Å²) in [5.41, 5.74) is 0.309. The monoisotopic (exact) mass is 220 g/mol. The lowest BCUT2D eigenvalue weighted by Gasteiger charge is -2.04. The minimum absolute atomic E-state index is 0.241. The van der Waals surface area contributed by atoms with Gasteiger partial charge in [0.25, 0.3) is 5.91 Å². The van der Waals surface area contributed by atoms with Crippen molar-refractivity contribution < 1.29 is 4.79 Å². The number of nitrogens with zero attached hydrogens (tertiary/aromatic N) is 2. The zero-order valence-electron chi connectivity index (χ0n) is 9.36. The molecule has 2 N–H and O–H groups in total. The van der Waals surface area contributed by atoms with Crippen molar-refractivity contribution in [2.45, 2.75) is 13.3 Å². The number of carbonyl (C=O) groups is 1. The summed E-state index contributed by atoms with van der Waals surface area (Å²) in [6.45, 7) is 6.85. The molecule has 1 amide bonds. The van der Waals surface area contributed by atoms with Crippen molar-refractivity contribution in [1.29, 1.82) is 0 Å². The Morgan fingerprint density at radius 2 is 2.31 bits per heavy atom. The van der Waals surface area contributed by atoms with Gasteiger partial charge in [0.2, 0.25) is 0 Å². The van der Waals surface area contributed by atoms with Gasteiger partial charge in [0.05, 0.1) is 12.4 Å². The van der Waals surface area contributed by atoms with Gasteiger partial charge in [-0.05, 0) is 6.42 Å². The van der Waals surface area contributed by atoms with E-state index in [4.69, 9.17) is 0 Å². The van der Waals surface area contributed by atoms with Gasteiger partial charge in [-0.3, -0.25) is 4.79 Å². The smallest absolute Gasteiger partial charge is 0.271 e. The van der Waals surface area contributed by atoms with Crippen LogP contribution in [-0.4, -0.2) is 29.0 Å². The molecule has 16 heavy (non-hydrogen) atoms. The van der Waals surface area contributed by atoms with E-state index in [1.165, 1.54) is 6.20 Å². The zero-order valence-corrected chi connectivity index (χ0v) is 9.36. The van der Waals surface area contributed by atoms with Gasteiger partial charge < -0.3 is 10.6 Å². The molecule has 5 nitrogen and oxygen atoms in total. The number of aromatic nitrogens is 2. The SMILES string of the molecule is C=CCNC(=O)c1cnc(NCCC)cn1. The fraction of sp³-hybridized carbons (Fsp3) is 0.364. The molecule has 0 fully saturated rings. The molecule has 0 atom stereocenters. The van der Waals surface area contributed by atoms with Gasteiger partial charge in [-0.15, -0.1) is 6.58 Å². The van der Waals surface area contributed by atoms with Gasteiger partial charge in [0.15, 0.2) is 0 Å². The van der Waals surface area contributed by atoms with Gasteiger partial charge in [0.1, 0.15) is 11.5 Å². The number of amides is 1. The van der Waals surface area contributed by atoms with E-state index >= 15 is 0 Å². The lowest BCUT2D eigenvalue weighted by atomic mass is 10.4. The van der Waals surface area contributed by atoms with Crippen LogP contribution in [-0.2, 0) is 0 Å². The minimum atomic E-state index is -0.241. The maximum Gasteiger partial charge on any atom is 0.271 e. The quantitative estimate of drug-likeness (QED) is 0.707. The van der Waals surface area contributed by atoms with Gasteiger partial charge >= 0.3 is 0 Å². The molecule has 1 aromatic heterocycles. The third-order valence-corrected chi connectivity index (χ3v) is 1.85. The molecule has 1 rings (SSSR count). The molecule has 0 saturated heterocycles. The summed E-state index contributed by atoms with van der Waals surface area (Å²) in [5.74, 6) is 0.441. The van der Waals surface area contributed by atoms with E-state index in [1.807, 2.05) is 0 Å². The Labute approximate surface area is 95.0 Å². The largest absolute Gasteiger partial charge is 0.369 e. The summed E-state index contributed by atoms with van der Waals surface area (Å²) in [6.07, 6.45) is 5.64. The first-order chi connectivity index (χ1) is 7.77. The molecule has 0 radical (unpaired) electrons. The first-order valence-electron chi connectivity index (χ1n) is 5.23. The number of carbonyl (C=O) groups excluding carboxylic acids is 1. The Bertz CT molecular complexity index is 348. The minimum Gasteiger partial charge on any atom is -0.369 e. The second-order valence-electron chi connectivity index (χ2n) is 3.21. The van der Waals surface area contributed by atoms with E-state index in [0.29, 0.717) is 18.1 Å². The van der Waals surface area contributed by atoms with E-state index in [0.717, 1.165) is 13.0 Å². The van der Waals surface area contributed by atoms with Crippen molar-refractivity contribution in [2.24, 2.45) is 0 Å². The van der Waals surface area contributed by atoms with Gasteiger partial charge in [-0.1, -0.05) is 13.0 Å². The first kappa shape index (κ1) is 12.2. The van der Waals surface area contributed by atoms with Crippen LogP contribution in [0.15, 0.2) is 25.0 Å². The fourth-order valence-corrected chi connectivity index (χ4v) is 1.05.